The predicted octanol–water partition coefficient (Wildman–Crippen LogP) is 0.738. The number of fused-ring (bicyclic) bond motifs is 1. The summed E-state index contributed by atoms with van der Waals surface area (Å²) in [4.78, 5) is 23.4. The van der Waals surface area contributed by atoms with Gasteiger partial charge in [-0.2, -0.15) is 0 Å². The van der Waals surface area contributed by atoms with Crippen LogP contribution in [0.1, 0.15) is 18.2 Å². The summed E-state index contributed by atoms with van der Waals surface area (Å²) in [5.41, 5.74) is 1.90. The van der Waals surface area contributed by atoms with Crippen molar-refractivity contribution in [2.45, 2.75) is 25.9 Å². The second kappa shape index (κ2) is 5.24. The molecule has 108 valence electrons. The van der Waals surface area contributed by atoms with Crippen molar-refractivity contribution in [1.29, 1.82) is 0 Å². The zero-order chi connectivity index (χ0) is 14.1. The molecule has 0 radical (unpaired) electrons. The number of morpholine rings is 1. The number of amides is 1. The average Bonchev–Trinajstić information content (AvgIpc) is 2.46. The molecule has 7 nitrogen and oxygen atoms in total. The molecule has 2 aliphatic rings. The molecule has 20 heavy (non-hydrogen) atoms. The molecule has 1 aromatic heterocycles. The summed E-state index contributed by atoms with van der Waals surface area (Å²) in [7, 11) is 0. The van der Waals surface area contributed by atoms with E-state index in [4.69, 9.17) is 9.84 Å². The number of rotatable bonds is 1. The fraction of sp³-hybridized carbons (Fsp3) is 0.615. The molecule has 3 rings (SSSR count). The van der Waals surface area contributed by atoms with Crippen molar-refractivity contribution in [3.8, 4) is 0 Å². The first-order valence-corrected chi connectivity index (χ1v) is 6.82. The second-order valence-electron chi connectivity index (χ2n) is 5.19. The van der Waals surface area contributed by atoms with E-state index in [-0.39, 0.29) is 6.04 Å². The van der Waals surface area contributed by atoms with E-state index in [9.17, 15) is 4.79 Å². The number of ether oxygens (including phenoxy) is 1. The maximum absolute atomic E-state index is 11.1. The van der Waals surface area contributed by atoms with Crippen LogP contribution in [0.5, 0.6) is 0 Å². The Morgan fingerprint density at radius 2 is 2.30 bits per heavy atom. The lowest BCUT2D eigenvalue weighted by atomic mass is 10.0. The predicted molar refractivity (Wildman–Crippen MR) is 71.8 cm³/mol. The summed E-state index contributed by atoms with van der Waals surface area (Å²) in [6, 6.07) is 0.278. The second-order valence-corrected chi connectivity index (χ2v) is 5.19. The fourth-order valence-corrected chi connectivity index (χ4v) is 2.79. The number of carboxylic acid groups (broad SMARTS) is 1. The average molecular weight is 278 g/mol. The number of aromatic nitrogens is 2. The molecule has 3 heterocycles. The number of anilines is 1. The molecule has 7 heteroatoms. The van der Waals surface area contributed by atoms with Crippen molar-refractivity contribution >= 4 is 11.9 Å². The monoisotopic (exact) mass is 278 g/mol. The van der Waals surface area contributed by atoms with Gasteiger partial charge in [0.15, 0.2) is 0 Å². The van der Waals surface area contributed by atoms with Gasteiger partial charge in [0, 0.05) is 18.7 Å². The van der Waals surface area contributed by atoms with Gasteiger partial charge in [-0.1, -0.05) is 0 Å². The zero-order valence-corrected chi connectivity index (χ0v) is 11.4. The van der Waals surface area contributed by atoms with Gasteiger partial charge in [-0.05, 0) is 13.3 Å². The Bertz CT molecular complexity index is 522. The van der Waals surface area contributed by atoms with Crippen LogP contribution in [0, 0.1) is 0 Å². The van der Waals surface area contributed by atoms with Crippen molar-refractivity contribution in [3.63, 3.8) is 0 Å². The normalized spacial score (nSPS) is 22.6. The largest absolute Gasteiger partial charge is 0.465 e. The first-order chi connectivity index (χ1) is 9.66. The lowest BCUT2D eigenvalue weighted by molar-refractivity contribution is 0.0983. The third kappa shape index (κ3) is 2.29. The van der Waals surface area contributed by atoms with Gasteiger partial charge in [0.1, 0.15) is 12.1 Å². The van der Waals surface area contributed by atoms with E-state index < -0.39 is 6.09 Å². The van der Waals surface area contributed by atoms with E-state index in [1.165, 1.54) is 11.2 Å². The van der Waals surface area contributed by atoms with Gasteiger partial charge in [-0.15, -0.1) is 0 Å². The van der Waals surface area contributed by atoms with E-state index >= 15 is 0 Å². The molecule has 0 saturated carbocycles. The van der Waals surface area contributed by atoms with Crippen LogP contribution in [0.2, 0.25) is 0 Å². The topological polar surface area (TPSA) is 78.8 Å². The smallest absolute Gasteiger partial charge is 0.407 e. The summed E-state index contributed by atoms with van der Waals surface area (Å²) < 4.78 is 5.46. The van der Waals surface area contributed by atoms with Crippen LogP contribution < -0.4 is 4.90 Å². The molecule has 1 amide bonds. The Labute approximate surface area is 117 Å². The lowest BCUT2D eigenvalue weighted by Gasteiger charge is -2.37. The van der Waals surface area contributed by atoms with Gasteiger partial charge in [0.2, 0.25) is 0 Å². The summed E-state index contributed by atoms with van der Waals surface area (Å²) in [6.07, 6.45) is 1.30. The molecule has 1 aromatic rings. The first-order valence-electron chi connectivity index (χ1n) is 6.82. The van der Waals surface area contributed by atoms with E-state index in [0.717, 1.165) is 23.6 Å². The van der Waals surface area contributed by atoms with Crippen LogP contribution in [0.25, 0.3) is 0 Å². The van der Waals surface area contributed by atoms with Gasteiger partial charge in [-0.25, -0.2) is 14.8 Å². The maximum atomic E-state index is 11.1. The van der Waals surface area contributed by atoms with Gasteiger partial charge in [-0.3, -0.25) is 0 Å². The number of nitrogens with zero attached hydrogens (tertiary/aromatic N) is 4. The van der Waals surface area contributed by atoms with Crippen LogP contribution in [-0.2, 0) is 17.7 Å². The molecule has 0 aliphatic carbocycles. The molecule has 1 atom stereocenters. The first kappa shape index (κ1) is 13.1. The van der Waals surface area contributed by atoms with E-state index in [1.807, 2.05) is 0 Å². The Balaban J connectivity index is 1.91. The van der Waals surface area contributed by atoms with Gasteiger partial charge in [0.25, 0.3) is 0 Å². The van der Waals surface area contributed by atoms with Gasteiger partial charge >= 0.3 is 6.09 Å². The van der Waals surface area contributed by atoms with Crippen LogP contribution in [0.15, 0.2) is 6.33 Å². The highest BCUT2D eigenvalue weighted by atomic mass is 16.5. The molecule has 0 bridgehead atoms. The van der Waals surface area contributed by atoms with Crippen LogP contribution in [0.3, 0.4) is 0 Å². The lowest BCUT2D eigenvalue weighted by Crippen LogP contribution is -2.45. The minimum Gasteiger partial charge on any atom is -0.465 e. The zero-order valence-electron chi connectivity index (χ0n) is 11.4. The minimum atomic E-state index is -0.893. The number of hydrogen-bond acceptors (Lipinski definition) is 5. The summed E-state index contributed by atoms with van der Waals surface area (Å²) in [5, 5.41) is 9.08. The third-order valence-corrected chi connectivity index (χ3v) is 3.89. The van der Waals surface area contributed by atoms with Crippen LogP contribution in [-0.4, -0.2) is 58.4 Å². The van der Waals surface area contributed by atoms with Crippen molar-refractivity contribution in [1.82, 2.24) is 14.9 Å². The molecule has 0 spiro atoms. The van der Waals surface area contributed by atoms with Crippen molar-refractivity contribution in [2.75, 3.05) is 31.2 Å². The van der Waals surface area contributed by atoms with Crippen molar-refractivity contribution in [2.24, 2.45) is 0 Å². The molecule has 1 N–H and O–H groups in total. The SMILES string of the molecule is CC1COCCN1c1ncnc2c1CCN(C(=O)O)C2. The summed E-state index contributed by atoms with van der Waals surface area (Å²) >= 11 is 0. The quantitative estimate of drug-likeness (QED) is 0.816. The Hall–Kier alpha value is -1.89. The van der Waals surface area contributed by atoms with Crippen LogP contribution in [0.4, 0.5) is 10.6 Å². The number of hydrogen-bond donors (Lipinski definition) is 1. The fourth-order valence-electron chi connectivity index (χ4n) is 2.79. The third-order valence-electron chi connectivity index (χ3n) is 3.89. The summed E-state index contributed by atoms with van der Waals surface area (Å²) in [6.45, 7) is 5.16. The Kier molecular flexibility index (Phi) is 3.43. The molecular weight excluding hydrogens is 260 g/mol. The molecule has 1 unspecified atom stereocenters. The molecule has 2 aliphatic heterocycles. The molecule has 1 fully saturated rings. The highest BCUT2D eigenvalue weighted by molar-refractivity contribution is 5.66. The molecular formula is C13H18N4O3. The molecule has 1 saturated heterocycles. The van der Waals surface area contributed by atoms with Crippen LogP contribution >= 0.6 is 0 Å². The highest BCUT2D eigenvalue weighted by Gasteiger charge is 2.28. The standard InChI is InChI=1S/C13H18N4O3/c1-9-7-20-5-4-17(9)12-10-2-3-16(13(18)19)6-11(10)14-8-15-12/h8-9H,2-7H2,1H3,(H,18,19). The highest BCUT2D eigenvalue weighted by Crippen LogP contribution is 2.27. The van der Waals surface area contributed by atoms with Gasteiger partial charge < -0.3 is 19.6 Å². The van der Waals surface area contributed by atoms with E-state index in [0.29, 0.717) is 32.7 Å². The Morgan fingerprint density at radius 3 is 3.05 bits per heavy atom. The number of carbonyl (C=O) groups is 1. The minimum absolute atomic E-state index is 0.278. The molecule has 0 aromatic carbocycles. The van der Waals surface area contributed by atoms with Gasteiger partial charge in [0.05, 0.1) is 31.5 Å². The van der Waals surface area contributed by atoms with Crippen molar-refractivity contribution in [3.05, 3.63) is 17.6 Å². The Morgan fingerprint density at radius 1 is 1.45 bits per heavy atom. The van der Waals surface area contributed by atoms with E-state index in [2.05, 4.69) is 21.8 Å². The van der Waals surface area contributed by atoms with E-state index in [1.54, 1.807) is 0 Å². The maximum Gasteiger partial charge on any atom is 0.407 e. The van der Waals surface area contributed by atoms with Crippen molar-refractivity contribution < 1.29 is 14.6 Å². The summed E-state index contributed by atoms with van der Waals surface area (Å²) in [5.74, 6) is 0.941.